The number of halogens is 3. The average molecular weight is 304 g/mol. The van der Waals surface area contributed by atoms with Crippen molar-refractivity contribution in [2.24, 2.45) is 0 Å². The van der Waals surface area contributed by atoms with Gasteiger partial charge in [-0.05, 0) is 12.8 Å². The lowest BCUT2D eigenvalue weighted by Crippen LogP contribution is -2.51. The first kappa shape index (κ1) is 16.7. The molecule has 1 fully saturated rings. The van der Waals surface area contributed by atoms with Gasteiger partial charge in [0, 0.05) is 26.2 Å². The Balaban J connectivity index is 2.72. The average Bonchev–Trinajstić information content (AvgIpc) is 2.34. The molecule has 1 saturated heterocycles. The smallest absolute Gasteiger partial charge is 0.390 e. The number of hydrogen-bond donors (Lipinski definition) is 1. The largest absolute Gasteiger partial charge is 0.395 e. The lowest BCUT2D eigenvalue weighted by molar-refractivity contribution is -0.135. The van der Waals surface area contributed by atoms with E-state index in [-0.39, 0.29) is 13.2 Å². The molecule has 0 saturated carbocycles. The first-order valence-electron chi connectivity index (χ1n) is 6.09. The molecule has 1 N–H and O–H groups in total. The van der Waals surface area contributed by atoms with E-state index in [9.17, 15) is 21.6 Å². The summed E-state index contributed by atoms with van der Waals surface area (Å²) in [6.07, 6.45) is -3.57. The fourth-order valence-corrected chi connectivity index (χ4v) is 3.63. The molecule has 1 aliphatic rings. The zero-order chi connectivity index (χ0) is 14.7. The van der Waals surface area contributed by atoms with Crippen LogP contribution in [0.25, 0.3) is 0 Å². The Morgan fingerprint density at radius 2 is 2.00 bits per heavy atom. The third-order valence-corrected chi connectivity index (χ3v) is 5.23. The molecule has 0 spiro atoms. The van der Waals surface area contributed by atoms with E-state index in [1.807, 2.05) is 0 Å². The lowest BCUT2D eigenvalue weighted by atomic mass is 10.1. The van der Waals surface area contributed by atoms with Crippen molar-refractivity contribution < 1.29 is 26.7 Å². The Hall–Kier alpha value is -0.380. The van der Waals surface area contributed by atoms with Crippen LogP contribution >= 0.6 is 0 Å². The van der Waals surface area contributed by atoms with Crippen LogP contribution in [-0.2, 0) is 10.2 Å². The van der Waals surface area contributed by atoms with Gasteiger partial charge in [-0.1, -0.05) is 6.42 Å². The van der Waals surface area contributed by atoms with Crippen LogP contribution in [0.15, 0.2) is 0 Å². The predicted molar refractivity (Wildman–Crippen MR) is 63.7 cm³/mol. The first-order valence-corrected chi connectivity index (χ1v) is 7.49. The fraction of sp³-hybridized carbons (Fsp3) is 1.00. The molecule has 1 aliphatic heterocycles. The van der Waals surface area contributed by atoms with E-state index >= 15 is 0 Å². The summed E-state index contributed by atoms with van der Waals surface area (Å²) in [6.45, 7) is -0.684. The second-order valence-corrected chi connectivity index (χ2v) is 6.63. The summed E-state index contributed by atoms with van der Waals surface area (Å²) in [4.78, 5) is 0. The number of hydrogen-bond acceptors (Lipinski definition) is 3. The van der Waals surface area contributed by atoms with Gasteiger partial charge in [0.1, 0.15) is 0 Å². The highest BCUT2D eigenvalue weighted by Crippen LogP contribution is 2.24. The zero-order valence-electron chi connectivity index (χ0n) is 10.7. The van der Waals surface area contributed by atoms with E-state index in [0.717, 1.165) is 17.8 Å². The highest BCUT2D eigenvalue weighted by atomic mass is 32.2. The molecular weight excluding hydrogens is 285 g/mol. The Labute approximate surface area is 111 Å². The Kier molecular flexibility index (Phi) is 5.60. The summed E-state index contributed by atoms with van der Waals surface area (Å²) in [6, 6.07) is -0.535. The second kappa shape index (κ2) is 6.38. The van der Waals surface area contributed by atoms with E-state index in [4.69, 9.17) is 5.11 Å². The monoisotopic (exact) mass is 304 g/mol. The molecule has 1 unspecified atom stereocenters. The van der Waals surface area contributed by atoms with Gasteiger partial charge in [-0.15, -0.1) is 0 Å². The van der Waals surface area contributed by atoms with Gasteiger partial charge in [-0.3, -0.25) is 0 Å². The van der Waals surface area contributed by atoms with Crippen LogP contribution in [0, 0.1) is 0 Å². The maximum Gasteiger partial charge on any atom is 0.390 e. The van der Waals surface area contributed by atoms with E-state index in [0.29, 0.717) is 17.1 Å². The van der Waals surface area contributed by atoms with Gasteiger partial charge in [-0.25, -0.2) is 0 Å². The number of aliphatic hydroxyl groups excluding tert-OH is 1. The molecule has 19 heavy (non-hydrogen) atoms. The van der Waals surface area contributed by atoms with Crippen molar-refractivity contribution in [2.75, 3.05) is 26.7 Å². The minimum Gasteiger partial charge on any atom is -0.395 e. The molecule has 0 radical (unpaired) electrons. The minimum atomic E-state index is -4.39. The van der Waals surface area contributed by atoms with Gasteiger partial charge >= 0.3 is 6.18 Å². The van der Waals surface area contributed by atoms with Crippen molar-refractivity contribution in [3.63, 3.8) is 0 Å². The third-order valence-electron chi connectivity index (χ3n) is 3.18. The standard InChI is InChI=1S/C10H19F3N2O3S/c1-14(7-5-10(11,12)13)19(17,18)15-6-3-2-4-9(15)8-16/h9,16H,2-8H2,1H3. The number of rotatable bonds is 5. The number of nitrogens with zero attached hydrogens (tertiary/aromatic N) is 2. The highest BCUT2D eigenvalue weighted by Gasteiger charge is 2.36. The summed E-state index contributed by atoms with van der Waals surface area (Å²) in [7, 11) is -2.81. The molecule has 0 amide bonds. The summed E-state index contributed by atoms with van der Waals surface area (Å²) in [5.41, 5.74) is 0. The number of alkyl halides is 3. The summed E-state index contributed by atoms with van der Waals surface area (Å²) < 4.78 is 62.4. The van der Waals surface area contributed by atoms with E-state index in [1.165, 1.54) is 0 Å². The molecule has 0 aliphatic carbocycles. The van der Waals surface area contributed by atoms with Crippen LogP contribution in [0.4, 0.5) is 13.2 Å². The number of piperidine rings is 1. The van der Waals surface area contributed by atoms with E-state index in [2.05, 4.69) is 0 Å². The molecule has 114 valence electrons. The minimum absolute atomic E-state index is 0.240. The second-order valence-electron chi connectivity index (χ2n) is 4.64. The Morgan fingerprint density at radius 3 is 2.53 bits per heavy atom. The van der Waals surface area contributed by atoms with Gasteiger partial charge in [0.25, 0.3) is 10.2 Å². The maximum absolute atomic E-state index is 12.1. The first-order chi connectivity index (χ1) is 8.68. The van der Waals surface area contributed by atoms with Gasteiger partial charge in [-0.2, -0.15) is 30.2 Å². The van der Waals surface area contributed by atoms with Gasteiger partial charge in [0.15, 0.2) is 0 Å². The summed E-state index contributed by atoms with van der Waals surface area (Å²) >= 11 is 0. The van der Waals surface area contributed by atoms with Crippen LogP contribution in [0.2, 0.25) is 0 Å². The van der Waals surface area contributed by atoms with Crippen LogP contribution < -0.4 is 0 Å². The van der Waals surface area contributed by atoms with Crippen LogP contribution in [0.1, 0.15) is 25.7 Å². The van der Waals surface area contributed by atoms with Crippen molar-refractivity contribution >= 4 is 10.2 Å². The quantitative estimate of drug-likeness (QED) is 0.823. The molecule has 0 bridgehead atoms. The van der Waals surface area contributed by atoms with E-state index < -0.39 is 35.4 Å². The van der Waals surface area contributed by atoms with Crippen molar-refractivity contribution in [1.29, 1.82) is 0 Å². The fourth-order valence-electron chi connectivity index (χ4n) is 2.04. The SMILES string of the molecule is CN(CCC(F)(F)F)S(=O)(=O)N1CCCCC1CO. The molecule has 9 heteroatoms. The van der Waals surface area contributed by atoms with Crippen LogP contribution in [0.5, 0.6) is 0 Å². The van der Waals surface area contributed by atoms with Crippen molar-refractivity contribution in [3.05, 3.63) is 0 Å². The van der Waals surface area contributed by atoms with Crippen molar-refractivity contribution in [1.82, 2.24) is 8.61 Å². The third kappa shape index (κ3) is 4.59. The van der Waals surface area contributed by atoms with Gasteiger partial charge < -0.3 is 5.11 Å². The Morgan fingerprint density at radius 1 is 1.37 bits per heavy atom. The number of aliphatic hydroxyl groups is 1. The maximum atomic E-state index is 12.1. The van der Waals surface area contributed by atoms with Crippen molar-refractivity contribution in [3.8, 4) is 0 Å². The highest BCUT2D eigenvalue weighted by molar-refractivity contribution is 7.86. The Bertz CT molecular complexity index is 386. The van der Waals surface area contributed by atoms with Crippen LogP contribution in [-0.4, -0.2) is 61.1 Å². The summed E-state index contributed by atoms with van der Waals surface area (Å²) in [5, 5.41) is 9.16. The zero-order valence-corrected chi connectivity index (χ0v) is 11.5. The van der Waals surface area contributed by atoms with Crippen LogP contribution in [0.3, 0.4) is 0 Å². The van der Waals surface area contributed by atoms with Gasteiger partial charge in [0.05, 0.1) is 13.0 Å². The van der Waals surface area contributed by atoms with Gasteiger partial charge in [0.2, 0.25) is 0 Å². The summed E-state index contributed by atoms with van der Waals surface area (Å²) in [5.74, 6) is 0. The topological polar surface area (TPSA) is 60.9 Å². The lowest BCUT2D eigenvalue weighted by Gasteiger charge is -2.36. The van der Waals surface area contributed by atoms with E-state index in [1.54, 1.807) is 0 Å². The molecule has 0 aromatic heterocycles. The molecule has 1 atom stereocenters. The van der Waals surface area contributed by atoms with Crippen molar-refractivity contribution in [2.45, 2.75) is 37.9 Å². The molecule has 5 nitrogen and oxygen atoms in total. The molecule has 0 aromatic rings. The normalized spacial score (nSPS) is 22.9. The predicted octanol–water partition coefficient (Wildman–Crippen LogP) is 0.962. The molecule has 0 aromatic carbocycles. The molecule has 1 heterocycles. The molecule has 1 rings (SSSR count). The molecular formula is C10H19F3N2O3S.